The first-order valence-electron chi connectivity index (χ1n) is 7.64. The Bertz CT molecular complexity index is 372. The zero-order chi connectivity index (χ0) is 13.7. The van der Waals surface area contributed by atoms with E-state index in [4.69, 9.17) is 0 Å². The van der Waals surface area contributed by atoms with E-state index in [0.29, 0.717) is 12.0 Å². The Labute approximate surface area is 117 Å². The molecule has 0 bridgehead atoms. The fourth-order valence-corrected chi connectivity index (χ4v) is 2.77. The van der Waals surface area contributed by atoms with Crippen LogP contribution in [0.4, 0.5) is 5.82 Å². The molecule has 1 atom stereocenters. The third-order valence-corrected chi connectivity index (χ3v) is 3.74. The largest absolute Gasteiger partial charge is 0.370 e. The second kappa shape index (κ2) is 6.90. The normalized spacial score (nSPS) is 20.1. The number of hydrogen-bond acceptors (Lipinski definition) is 3. The van der Waals surface area contributed by atoms with Crippen LogP contribution in [0.1, 0.15) is 51.6 Å². The zero-order valence-corrected chi connectivity index (χ0v) is 12.5. The zero-order valence-electron chi connectivity index (χ0n) is 12.5. The smallest absolute Gasteiger partial charge is 0.125 e. The van der Waals surface area contributed by atoms with Crippen molar-refractivity contribution in [2.45, 2.75) is 46.1 Å². The molecular formula is C16H27N3. The molecule has 106 valence electrons. The van der Waals surface area contributed by atoms with Crippen LogP contribution in [0.3, 0.4) is 0 Å². The van der Waals surface area contributed by atoms with Crippen molar-refractivity contribution in [1.82, 2.24) is 9.88 Å². The molecule has 1 aromatic rings. The maximum absolute atomic E-state index is 4.55. The van der Waals surface area contributed by atoms with Crippen molar-refractivity contribution in [1.29, 1.82) is 0 Å². The standard InChI is InChI=1S/C16H27N3/c1-4-9-19-10-5-6-15(19)14-7-8-16(18-12-14)17-11-13(2)3/h7-8,12-13,15H,4-6,9-11H2,1-3H3,(H,17,18). The van der Waals surface area contributed by atoms with Gasteiger partial charge >= 0.3 is 0 Å². The molecule has 0 radical (unpaired) electrons. The van der Waals surface area contributed by atoms with Crippen molar-refractivity contribution in [2.24, 2.45) is 5.92 Å². The summed E-state index contributed by atoms with van der Waals surface area (Å²) in [5, 5.41) is 3.37. The maximum Gasteiger partial charge on any atom is 0.125 e. The molecule has 1 aliphatic heterocycles. The average molecular weight is 261 g/mol. The van der Waals surface area contributed by atoms with E-state index in [2.05, 4.69) is 54.3 Å². The Morgan fingerprint density at radius 3 is 2.89 bits per heavy atom. The highest BCUT2D eigenvalue weighted by Gasteiger charge is 2.25. The number of nitrogens with zero attached hydrogens (tertiary/aromatic N) is 2. The lowest BCUT2D eigenvalue weighted by Crippen LogP contribution is -2.24. The molecule has 0 spiro atoms. The van der Waals surface area contributed by atoms with Gasteiger partial charge in [-0.25, -0.2) is 4.98 Å². The highest BCUT2D eigenvalue weighted by atomic mass is 15.2. The van der Waals surface area contributed by atoms with E-state index in [-0.39, 0.29) is 0 Å². The van der Waals surface area contributed by atoms with Gasteiger partial charge in [0.1, 0.15) is 5.82 Å². The molecule has 2 rings (SSSR count). The van der Waals surface area contributed by atoms with Crippen LogP contribution in [0.15, 0.2) is 18.3 Å². The molecule has 0 saturated carbocycles. The van der Waals surface area contributed by atoms with Crippen LogP contribution in [0.2, 0.25) is 0 Å². The van der Waals surface area contributed by atoms with Crippen LogP contribution in [-0.4, -0.2) is 29.5 Å². The Kier molecular flexibility index (Phi) is 5.20. The lowest BCUT2D eigenvalue weighted by Gasteiger charge is -2.24. The molecule has 1 aromatic heterocycles. The number of nitrogens with one attached hydrogen (secondary N) is 1. The number of hydrogen-bond donors (Lipinski definition) is 1. The summed E-state index contributed by atoms with van der Waals surface area (Å²) in [5.41, 5.74) is 1.38. The van der Waals surface area contributed by atoms with Gasteiger partial charge in [-0.15, -0.1) is 0 Å². The van der Waals surface area contributed by atoms with E-state index >= 15 is 0 Å². The predicted molar refractivity (Wildman–Crippen MR) is 81.4 cm³/mol. The number of pyridine rings is 1. The summed E-state index contributed by atoms with van der Waals surface area (Å²) in [5.74, 6) is 1.65. The van der Waals surface area contributed by atoms with Crippen molar-refractivity contribution in [2.75, 3.05) is 25.0 Å². The summed E-state index contributed by atoms with van der Waals surface area (Å²) < 4.78 is 0. The molecule has 2 heterocycles. The monoisotopic (exact) mass is 261 g/mol. The van der Waals surface area contributed by atoms with E-state index in [0.717, 1.165) is 12.4 Å². The SMILES string of the molecule is CCCN1CCCC1c1ccc(NCC(C)C)nc1. The van der Waals surface area contributed by atoms with Crippen LogP contribution >= 0.6 is 0 Å². The molecule has 1 N–H and O–H groups in total. The predicted octanol–water partition coefficient (Wildman–Crippen LogP) is 3.70. The van der Waals surface area contributed by atoms with Gasteiger partial charge < -0.3 is 5.32 Å². The van der Waals surface area contributed by atoms with Crippen molar-refractivity contribution in [3.05, 3.63) is 23.9 Å². The quantitative estimate of drug-likeness (QED) is 0.846. The van der Waals surface area contributed by atoms with Gasteiger partial charge in [-0.1, -0.05) is 26.8 Å². The molecule has 1 aliphatic rings. The van der Waals surface area contributed by atoms with E-state index < -0.39 is 0 Å². The Morgan fingerprint density at radius 2 is 2.26 bits per heavy atom. The van der Waals surface area contributed by atoms with Gasteiger partial charge in [0.2, 0.25) is 0 Å². The van der Waals surface area contributed by atoms with Crippen LogP contribution in [0.25, 0.3) is 0 Å². The van der Waals surface area contributed by atoms with Crippen molar-refractivity contribution in [3.63, 3.8) is 0 Å². The molecule has 19 heavy (non-hydrogen) atoms. The minimum atomic E-state index is 0.589. The lowest BCUT2D eigenvalue weighted by molar-refractivity contribution is 0.257. The number of likely N-dealkylation sites (tertiary alicyclic amines) is 1. The molecular weight excluding hydrogens is 234 g/mol. The van der Waals surface area contributed by atoms with Crippen LogP contribution in [0.5, 0.6) is 0 Å². The van der Waals surface area contributed by atoms with Crippen LogP contribution in [-0.2, 0) is 0 Å². The number of anilines is 1. The minimum Gasteiger partial charge on any atom is -0.370 e. The van der Waals surface area contributed by atoms with Gasteiger partial charge in [0.25, 0.3) is 0 Å². The van der Waals surface area contributed by atoms with Gasteiger partial charge in [-0.2, -0.15) is 0 Å². The molecule has 1 unspecified atom stereocenters. The van der Waals surface area contributed by atoms with E-state index in [1.807, 2.05) is 0 Å². The number of aromatic nitrogens is 1. The molecule has 3 nitrogen and oxygen atoms in total. The van der Waals surface area contributed by atoms with E-state index in [1.165, 1.54) is 37.9 Å². The van der Waals surface area contributed by atoms with E-state index in [1.54, 1.807) is 0 Å². The molecule has 3 heteroatoms. The highest BCUT2D eigenvalue weighted by molar-refractivity contribution is 5.36. The summed E-state index contributed by atoms with van der Waals surface area (Å²) >= 11 is 0. The minimum absolute atomic E-state index is 0.589. The van der Waals surface area contributed by atoms with Crippen LogP contribution < -0.4 is 5.32 Å². The fourth-order valence-electron chi connectivity index (χ4n) is 2.77. The third kappa shape index (κ3) is 3.93. The van der Waals surface area contributed by atoms with Gasteiger partial charge in [-0.3, -0.25) is 4.90 Å². The molecule has 1 saturated heterocycles. The summed E-state index contributed by atoms with van der Waals surface area (Å²) in [6.07, 6.45) is 5.89. The maximum atomic E-state index is 4.55. The van der Waals surface area contributed by atoms with E-state index in [9.17, 15) is 0 Å². The summed E-state index contributed by atoms with van der Waals surface area (Å²) in [6, 6.07) is 4.96. The molecule has 1 fully saturated rings. The van der Waals surface area contributed by atoms with Gasteiger partial charge in [0.05, 0.1) is 0 Å². The third-order valence-electron chi connectivity index (χ3n) is 3.74. The first kappa shape index (κ1) is 14.3. The highest BCUT2D eigenvalue weighted by Crippen LogP contribution is 2.31. The van der Waals surface area contributed by atoms with Crippen molar-refractivity contribution < 1.29 is 0 Å². The van der Waals surface area contributed by atoms with Gasteiger partial charge in [0.15, 0.2) is 0 Å². The molecule has 0 aliphatic carbocycles. The molecule has 0 aromatic carbocycles. The second-order valence-corrected chi connectivity index (χ2v) is 5.95. The Balaban J connectivity index is 1.97. The lowest BCUT2D eigenvalue weighted by atomic mass is 10.1. The first-order chi connectivity index (χ1) is 9.20. The van der Waals surface area contributed by atoms with Crippen LogP contribution in [0, 0.1) is 5.92 Å². The van der Waals surface area contributed by atoms with Gasteiger partial charge in [-0.05, 0) is 49.9 Å². The summed E-state index contributed by atoms with van der Waals surface area (Å²) in [4.78, 5) is 7.15. The topological polar surface area (TPSA) is 28.2 Å². The van der Waals surface area contributed by atoms with Crippen molar-refractivity contribution in [3.8, 4) is 0 Å². The summed E-state index contributed by atoms with van der Waals surface area (Å²) in [6.45, 7) is 10.1. The Hall–Kier alpha value is -1.09. The number of rotatable bonds is 6. The summed E-state index contributed by atoms with van der Waals surface area (Å²) in [7, 11) is 0. The fraction of sp³-hybridized carbons (Fsp3) is 0.688. The second-order valence-electron chi connectivity index (χ2n) is 5.95. The van der Waals surface area contributed by atoms with Crippen molar-refractivity contribution >= 4 is 5.82 Å². The Morgan fingerprint density at radius 1 is 1.42 bits per heavy atom. The first-order valence-corrected chi connectivity index (χ1v) is 7.64. The molecule has 0 amide bonds. The van der Waals surface area contributed by atoms with Gasteiger partial charge in [0, 0.05) is 18.8 Å². The average Bonchev–Trinajstić information content (AvgIpc) is 2.86.